The molecule has 0 bridgehead atoms. The van der Waals surface area contributed by atoms with Crippen LogP contribution in [0.4, 0.5) is 4.39 Å². The molecule has 0 radical (unpaired) electrons. The molecule has 2 saturated heterocycles. The molecule has 8 heteroatoms. The van der Waals surface area contributed by atoms with Gasteiger partial charge in [-0.1, -0.05) is 42.5 Å². The summed E-state index contributed by atoms with van der Waals surface area (Å²) in [5.74, 6) is -0.437. The summed E-state index contributed by atoms with van der Waals surface area (Å²) < 4.78 is 48.2. The van der Waals surface area contributed by atoms with E-state index in [4.69, 9.17) is 4.74 Å². The van der Waals surface area contributed by atoms with Crippen LogP contribution < -0.4 is 5.32 Å². The van der Waals surface area contributed by atoms with Gasteiger partial charge in [0.2, 0.25) is 5.91 Å². The van der Waals surface area contributed by atoms with Crippen LogP contribution in [0.1, 0.15) is 48.6 Å². The first-order chi connectivity index (χ1) is 16.6. The van der Waals surface area contributed by atoms with E-state index in [1.54, 1.807) is 18.0 Å². The van der Waals surface area contributed by atoms with Crippen molar-refractivity contribution in [2.24, 2.45) is 0 Å². The number of carbonyl (C=O) groups is 1. The average molecular weight is 503 g/mol. The van der Waals surface area contributed by atoms with Crippen LogP contribution in [0.5, 0.6) is 0 Å². The van der Waals surface area contributed by atoms with Gasteiger partial charge in [-0.3, -0.25) is 4.79 Å². The molecule has 2 aliphatic rings. The number of sulfone groups is 1. The lowest BCUT2D eigenvalue weighted by Crippen LogP contribution is -2.53. The van der Waals surface area contributed by atoms with Crippen LogP contribution in [-0.4, -0.2) is 63.9 Å². The lowest BCUT2D eigenvalue weighted by Gasteiger charge is -2.40. The van der Waals surface area contributed by atoms with Crippen LogP contribution in [0, 0.1) is 5.82 Å². The number of hydrogen-bond donors (Lipinski definition) is 1. The highest BCUT2D eigenvalue weighted by Gasteiger charge is 2.43. The van der Waals surface area contributed by atoms with Crippen LogP contribution in [0.2, 0.25) is 0 Å². The number of halogens is 1. The van der Waals surface area contributed by atoms with Crippen LogP contribution in [0.15, 0.2) is 48.5 Å². The molecule has 35 heavy (non-hydrogen) atoms. The maximum Gasteiger partial charge on any atom is 0.219 e. The minimum Gasteiger partial charge on any atom is -0.381 e. The van der Waals surface area contributed by atoms with E-state index in [2.05, 4.69) is 5.32 Å². The zero-order chi connectivity index (χ0) is 25.2. The van der Waals surface area contributed by atoms with Crippen molar-refractivity contribution in [2.75, 3.05) is 33.4 Å². The number of carbonyl (C=O) groups excluding carboxylic acids is 1. The highest BCUT2D eigenvalue weighted by atomic mass is 32.2. The Kier molecular flexibility index (Phi) is 7.64. The van der Waals surface area contributed by atoms with Gasteiger partial charge in [0.05, 0.1) is 10.5 Å². The molecule has 3 atom stereocenters. The highest BCUT2D eigenvalue weighted by Crippen LogP contribution is 2.37. The second-order valence-electron chi connectivity index (χ2n) is 10.0. The van der Waals surface area contributed by atoms with E-state index in [1.165, 1.54) is 13.0 Å². The van der Waals surface area contributed by atoms with E-state index in [1.807, 2.05) is 43.3 Å². The molecule has 1 unspecified atom stereocenters. The first-order valence-electron chi connectivity index (χ1n) is 12.2. The maximum absolute atomic E-state index is 15.5. The maximum atomic E-state index is 15.5. The van der Waals surface area contributed by atoms with Crippen molar-refractivity contribution in [3.05, 3.63) is 71.0 Å². The van der Waals surface area contributed by atoms with Gasteiger partial charge in [-0.15, -0.1) is 0 Å². The number of ether oxygens (including phenoxy) is 1. The molecule has 2 fully saturated rings. The minimum absolute atomic E-state index is 0.0371. The zero-order valence-corrected chi connectivity index (χ0v) is 21.5. The summed E-state index contributed by atoms with van der Waals surface area (Å²) in [5, 5.41) is 1.94. The summed E-state index contributed by atoms with van der Waals surface area (Å²) in [6, 6.07) is 14.1. The molecule has 2 aromatic carbocycles. The fourth-order valence-corrected chi connectivity index (χ4v) is 7.79. The third-order valence-electron chi connectivity index (χ3n) is 7.79. The van der Waals surface area contributed by atoms with Crippen molar-refractivity contribution in [3.8, 4) is 0 Å². The van der Waals surface area contributed by atoms with Crippen molar-refractivity contribution in [1.29, 1.82) is 0 Å². The van der Waals surface area contributed by atoms with Crippen LogP contribution in [0.25, 0.3) is 0 Å². The molecule has 4 rings (SSSR count). The SMILES string of the molecule is CC(=O)N(C)CC1(c2ccc(CC3[C@H](C)NC[C@@H](c4ccccc4)S3(=O)=O)c(F)c2)CCOCC1. The summed E-state index contributed by atoms with van der Waals surface area (Å²) >= 11 is 0. The lowest BCUT2D eigenvalue weighted by molar-refractivity contribution is -0.129. The van der Waals surface area contributed by atoms with Crippen molar-refractivity contribution in [2.45, 2.75) is 55.1 Å². The highest BCUT2D eigenvalue weighted by molar-refractivity contribution is 7.92. The molecule has 2 heterocycles. The van der Waals surface area contributed by atoms with Crippen molar-refractivity contribution in [1.82, 2.24) is 10.2 Å². The smallest absolute Gasteiger partial charge is 0.219 e. The topological polar surface area (TPSA) is 75.7 Å². The van der Waals surface area contributed by atoms with Gasteiger partial charge >= 0.3 is 0 Å². The summed E-state index contributed by atoms with van der Waals surface area (Å²) in [6.07, 6.45) is 1.50. The van der Waals surface area contributed by atoms with E-state index in [0.29, 0.717) is 44.7 Å². The van der Waals surface area contributed by atoms with Gasteiger partial charge in [-0.2, -0.15) is 0 Å². The van der Waals surface area contributed by atoms with E-state index >= 15 is 4.39 Å². The van der Waals surface area contributed by atoms with Gasteiger partial charge in [0, 0.05) is 51.7 Å². The van der Waals surface area contributed by atoms with Crippen LogP contribution in [-0.2, 0) is 31.2 Å². The number of benzene rings is 2. The largest absolute Gasteiger partial charge is 0.381 e. The van der Waals surface area contributed by atoms with Gasteiger partial charge in [0.1, 0.15) is 5.82 Å². The summed E-state index contributed by atoms with van der Waals surface area (Å²) in [4.78, 5) is 13.6. The number of nitrogens with one attached hydrogen (secondary N) is 1. The second kappa shape index (κ2) is 10.4. The molecule has 0 saturated carbocycles. The zero-order valence-electron chi connectivity index (χ0n) is 20.7. The molecule has 1 N–H and O–H groups in total. The van der Waals surface area contributed by atoms with Gasteiger partial charge in [0.15, 0.2) is 9.84 Å². The van der Waals surface area contributed by atoms with Crippen molar-refractivity contribution < 1.29 is 22.3 Å². The Labute approximate surface area is 207 Å². The summed E-state index contributed by atoms with van der Waals surface area (Å²) in [6.45, 7) is 5.32. The Bertz CT molecular complexity index is 1150. The first-order valence-corrected chi connectivity index (χ1v) is 13.8. The van der Waals surface area contributed by atoms with Gasteiger partial charge in [-0.25, -0.2) is 12.8 Å². The first kappa shape index (κ1) is 25.8. The third-order valence-corrected chi connectivity index (χ3v) is 10.4. The normalized spacial score (nSPS) is 25.7. The Morgan fingerprint density at radius 2 is 1.86 bits per heavy atom. The van der Waals surface area contributed by atoms with Gasteiger partial charge in [-0.05, 0) is 48.9 Å². The van der Waals surface area contributed by atoms with Gasteiger partial charge < -0.3 is 15.0 Å². The fraction of sp³-hybridized carbons (Fsp3) is 0.519. The summed E-state index contributed by atoms with van der Waals surface area (Å²) in [5.41, 5.74) is 1.59. The molecule has 1 amide bonds. The predicted molar refractivity (Wildman–Crippen MR) is 135 cm³/mol. The molecular formula is C27H35FN2O4S. The molecule has 190 valence electrons. The third kappa shape index (κ3) is 5.29. The van der Waals surface area contributed by atoms with Crippen LogP contribution in [0.3, 0.4) is 0 Å². The number of amides is 1. The summed E-state index contributed by atoms with van der Waals surface area (Å²) in [7, 11) is -1.78. The fourth-order valence-electron chi connectivity index (χ4n) is 5.43. The van der Waals surface area contributed by atoms with E-state index < -0.39 is 26.2 Å². The number of rotatable bonds is 6. The molecule has 0 aliphatic carbocycles. The lowest BCUT2D eigenvalue weighted by atomic mass is 9.73. The van der Waals surface area contributed by atoms with E-state index in [0.717, 1.165) is 11.1 Å². The van der Waals surface area contributed by atoms with E-state index in [-0.39, 0.29) is 23.8 Å². The molecular weight excluding hydrogens is 467 g/mol. The molecule has 2 aliphatic heterocycles. The Hall–Kier alpha value is -2.29. The Morgan fingerprint density at radius 3 is 2.49 bits per heavy atom. The molecule has 0 aromatic heterocycles. The molecule has 2 aromatic rings. The predicted octanol–water partition coefficient (Wildman–Crippen LogP) is 3.41. The standard InChI is InChI=1S/C27H35FN2O4S/c1-19-25(35(32,33)26(17-29-19)21-7-5-4-6-8-21)15-22-9-10-23(16-24(22)28)27(11-13-34-14-12-27)18-30(3)20(2)31/h4-10,16,19,25-26,29H,11-15,17-18H2,1-3H3/t19-,25?,26-/m0/s1. The Balaban J connectivity index is 1.61. The van der Waals surface area contributed by atoms with Crippen LogP contribution >= 0.6 is 0 Å². The van der Waals surface area contributed by atoms with Crippen molar-refractivity contribution >= 4 is 15.7 Å². The second-order valence-corrected chi connectivity index (χ2v) is 12.4. The quantitative estimate of drug-likeness (QED) is 0.655. The van der Waals surface area contributed by atoms with Gasteiger partial charge in [0.25, 0.3) is 0 Å². The average Bonchev–Trinajstić information content (AvgIpc) is 2.83. The number of likely N-dealkylation sites (N-methyl/N-ethyl adjacent to an activating group) is 1. The minimum atomic E-state index is -3.54. The van der Waals surface area contributed by atoms with Crippen molar-refractivity contribution in [3.63, 3.8) is 0 Å². The molecule has 6 nitrogen and oxygen atoms in total. The number of nitrogens with zero attached hydrogens (tertiary/aromatic N) is 1. The Morgan fingerprint density at radius 1 is 1.17 bits per heavy atom. The monoisotopic (exact) mass is 502 g/mol. The number of hydrogen-bond acceptors (Lipinski definition) is 5. The van der Waals surface area contributed by atoms with E-state index in [9.17, 15) is 13.2 Å². The molecule has 0 spiro atoms.